The average Bonchev–Trinajstić information content (AvgIpc) is 2.53. The summed E-state index contributed by atoms with van der Waals surface area (Å²) >= 11 is 4.07. The third-order valence-electron chi connectivity index (χ3n) is 6.31. The Hall–Kier alpha value is -1.08. The lowest BCUT2D eigenvalue weighted by Gasteiger charge is -2.28. The molecule has 0 amide bonds. The molecule has 0 N–H and O–H groups in total. The molecule has 1 aliphatic carbocycles. The van der Waals surface area contributed by atoms with Gasteiger partial charge in [-0.25, -0.2) is 0 Å². The number of hydrogen-bond acceptors (Lipinski definition) is 0. The molecule has 146 valence electrons. The smallest absolute Gasteiger partial charge is 0.0438 e. The van der Waals surface area contributed by atoms with Gasteiger partial charge in [-0.1, -0.05) is 81.7 Å². The molecule has 0 aliphatic heterocycles. The fourth-order valence-corrected chi connectivity index (χ4v) is 4.96. The van der Waals surface area contributed by atoms with Crippen molar-refractivity contribution in [3.05, 3.63) is 68.8 Å². The van der Waals surface area contributed by atoms with E-state index in [2.05, 4.69) is 95.6 Å². The number of rotatable bonds is 0. The van der Waals surface area contributed by atoms with E-state index in [4.69, 9.17) is 0 Å². The van der Waals surface area contributed by atoms with Crippen molar-refractivity contribution in [1.29, 1.82) is 0 Å². The number of aryl methyl sites for hydroxylation is 2. The summed E-state index contributed by atoms with van der Waals surface area (Å²) in [5.41, 5.74) is 12.3. The van der Waals surface area contributed by atoms with Gasteiger partial charge in [-0.2, -0.15) is 0 Å². The minimum absolute atomic E-state index is 0.178. The number of alkyl halides is 1. The zero-order chi connectivity index (χ0) is 20.1. The summed E-state index contributed by atoms with van der Waals surface area (Å²) in [4.78, 5) is 0.360. The molecule has 2 aromatic carbocycles. The van der Waals surface area contributed by atoms with Crippen molar-refractivity contribution < 1.29 is 0 Å². The molecule has 0 spiro atoms. The van der Waals surface area contributed by atoms with E-state index in [1.54, 1.807) is 0 Å². The monoisotopic (exact) mass is 426 g/mol. The largest absolute Gasteiger partial charge is 0.0835 e. The van der Waals surface area contributed by atoms with Crippen LogP contribution >= 0.6 is 15.9 Å². The Kier molecular flexibility index (Phi) is 5.40. The lowest BCUT2D eigenvalue weighted by Crippen LogP contribution is -2.17. The van der Waals surface area contributed by atoms with Crippen LogP contribution in [0, 0.1) is 13.8 Å². The molecule has 0 nitrogen and oxygen atoms in total. The van der Waals surface area contributed by atoms with Gasteiger partial charge in [0.05, 0.1) is 0 Å². The minimum atomic E-state index is 0.178. The molecule has 0 heterocycles. The van der Waals surface area contributed by atoms with Crippen LogP contribution < -0.4 is 0 Å². The standard InChI is InChI=1S/C26H35Br/c1-16-18-9-10-19-12-22(26(6,7)8)15-23(17(19)2)24(27)14-20(16)13-21(11-18)25(3,4)5/h11-13,15,24H,9-10,14H2,1-8H3. The molecule has 1 unspecified atom stereocenters. The molecule has 2 aromatic rings. The molecule has 4 bridgehead atoms. The molecular formula is C26H35Br. The first-order chi connectivity index (χ1) is 12.4. The maximum atomic E-state index is 4.07. The van der Waals surface area contributed by atoms with Gasteiger partial charge in [-0.15, -0.1) is 0 Å². The number of benzene rings is 2. The predicted molar refractivity (Wildman–Crippen MR) is 123 cm³/mol. The summed E-state index contributed by atoms with van der Waals surface area (Å²) in [5.74, 6) is 0. The van der Waals surface area contributed by atoms with Crippen molar-refractivity contribution in [2.75, 3.05) is 0 Å². The maximum Gasteiger partial charge on any atom is 0.0438 e. The van der Waals surface area contributed by atoms with E-state index in [-0.39, 0.29) is 10.8 Å². The minimum Gasteiger partial charge on any atom is -0.0835 e. The van der Waals surface area contributed by atoms with Crippen LogP contribution in [0.4, 0.5) is 0 Å². The number of hydrogen-bond donors (Lipinski definition) is 0. The van der Waals surface area contributed by atoms with Crippen molar-refractivity contribution in [2.24, 2.45) is 0 Å². The molecule has 0 radical (unpaired) electrons. The normalized spacial score (nSPS) is 17.7. The average molecular weight is 427 g/mol. The Morgan fingerprint density at radius 1 is 0.704 bits per heavy atom. The molecule has 0 fully saturated rings. The summed E-state index contributed by atoms with van der Waals surface area (Å²) < 4.78 is 0. The van der Waals surface area contributed by atoms with Gasteiger partial charge in [0.25, 0.3) is 0 Å². The van der Waals surface area contributed by atoms with Gasteiger partial charge in [-0.05, 0) is 88.4 Å². The second-order valence-electron chi connectivity index (χ2n) is 10.4. The van der Waals surface area contributed by atoms with Crippen molar-refractivity contribution in [1.82, 2.24) is 0 Å². The summed E-state index contributed by atoms with van der Waals surface area (Å²) in [5, 5.41) is 0. The van der Waals surface area contributed by atoms with Crippen LogP contribution in [0.5, 0.6) is 0 Å². The van der Waals surface area contributed by atoms with Crippen LogP contribution in [0.2, 0.25) is 0 Å². The van der Waals surface area contributed by atoms with E-state index < -0.39 is 0 Å². The fourth-order valence-electron chi connectivity index (χ4n) is 4.13. The molecule has 1 aliphatic rings. The van der Waals surface area contributed by atoms with E-state index in [1.807, 2.05) is 0 Å². The van der Waals surface area contributed by atoms with Gasteiger partial charge in [0, 0.05) is 4.83 Å². The molecule has 3 rings (SSSR count). The second kappa shape index (κ2) is 7.07. The highest BCUT2D eigenvalue weighted by Crippen LogP contribution is 2.38. The number of halogens is 1. The molecule has 27 heavy (non-hydrogen) atoms. The van der Waals surface area contributed by atoms with Gasteiger partial charge in [0.1, 0.15) is 0 Å². The Morgan fingerprint density at radius 2 is 1.15 bits per heavy atom. The first-order valence-electron chi connectivity index (χ1n) is 10.3. The van der Waals surface area contributed by atoms with Crippen LogP contribution in [0.25, 0.3) is 0 Å². The maximum absolute atomic E-state index is 4.07. The second-order valence-corrected chi connectivity index (χ2v) is 11.5. The summed E-state index contributed by atoms with van der Waals surface area (Å²) in [6.45, 7) is 18.6. The fraction of sp³-hybridized carbons (Fsp3) is 0.538. The highest BCUT2D eigenvalue weighted by molar-refractivity contribution is 9.09. The molecule has 0 saturated heterocycles. The Labute approximate surface area is 174 Å². The van der Waals surface area contributed by atoms with E-state index >= 15 is 0 Å². The lowest BCUT2D eigenvalue weighted by molar-refractivity contribution is 0.585. The highest BCUT2D eigenvalue weighted by atomic mass is 79.9. The Bertz CT molecular complexity index is 859. The molecule has 1 atom stereocenters. The van der Waals surface area contributed by atoms with Crippen LogP contribution in [-0.4, -0.2) is 0 Å². The summed E-state index contributed by atoms with van der Waals surface area (Å²) in [6.07, 6.45) is 3.30. The van der Waals surface area contributed by atoms with Crippen molar-refractivity contribution in [2.45, 2.75) is 90.3 Å². The van der Waals surface area contributed by atoms with E-state index in [0.29, 0.717) is 4.83 Å². The molecule has 0 aromatic heterocycles. The van der Waals surface area contributed by atoms with Gasteiger partial charge >= 0.3 is 0 Å². The Balaban J connectivity index is 2.17. The van der Waals surface area contributed by atoms with Gasteiger partial charge in [0.2, 0.25) is 0 Å². The highest BCUT2D eigenvalue weighted by Gasteiger charge is 2.24. The van der Waals surface area contributed by atoms with E-state index in [0.717, 1.165) is 19.3 Å². The van der Waals surface area contributed by atoms with Gasteiger partial charge in [-0.3, -0.25) is 0 Å². The van der Waals surface area contributed by atoms with Crippen molar-refractivity contribution >= 4 is 15.9 Å². The van der Waals surface area contributed by atoms with Gasteiger partial charge in [0.15, 0.2) is 0 Å². The molecule has 0 saturated carbocycles. The SMILES string of the molecule is Cc1c2cc(C(C)(C)C)cc1CC(Br)c1cc(C(C)(C)C)cc(c1C)CC2. The lowest BCUT2D eigenvalue weighted by atomic mass is 9.78. The zero-order valence-corrected chi connectivity index (χ0v) is 20.0. The first-order valence-corrected chi connectivity index (χ1v) is 11.2. The predicted octanol–water partition coefficient (Wildman–Crippen LogP) is 7.68. The van der Waals surface area contributed by atoms with E-state index in [9.17, 15) is 0 Å². The van der Waals surface area contributed by atoms with Crippen LogP contribution in [-0.2, 0) is 30.1 Å². The Morgan fingerprint density at radius 3 is 1.67 bits per heavy atom. The molecule has 1 heteroatoms. The van der Waals surface area contributed by atoms with Crippen LogP contribution in [0.1, 0.15) is 90.9 Å². The van der Waals surface area contributed by atoms with Crippen LogP contribution in [0.15, 0.2) is 24.3 Å². The first kappa shape index (κ1) is 20.6. The zero-order valence-electron chi connectivity index (χ0n) is 18.4. The quantitative estimate of drug-likeness (QED) is 0.378. The van der Waals surface area contributed by atoms with Crippen molar-refractivity contribution in [3.8, 4) is 0 Å². The number of fused-ring (bicyclic) bond motifs is 4. The third kappa shape index (κ3) is 4.19. The topological polar surface area (TPSA) is 0 Å². The van der Waals surface area contributed by atoms with E-state index in [1.165, 1.54) is 44.5 Å². The molecular weight excluding hydrogens is 392 g/mol. The van der Waals surface area contributed by atoms with Gasteiger partial charge < -0.3 is 0 Å². The summed E-state index contributed by atoms with van der Waals surface area (Å²) in [7, 11) is 0. The third-order valence-corrected chi connectivity index (χ3v) is 7.13. The summed E-state index contributed by atoms with van der Waals surface area (Å²) in [6, 6.07) is 9.83. The van der Waals surface area contributed by atoms with Crippen LogP contribution in [0.3, 0.4) is 0 Å². The van der Waals surface area contributed by atoms with Crippen molar-refractivity contribution in [3.63, 3.8) is 0 Å².